The molecule has 3 aromatic rings. The fourth-order valence-corrected chi connectivity index (χ4v) is 1.86. The van der Waals surface area contributed by atoms with Crippen molar-refractivity contribution < 1.29 is 4.79 Å². The van der Waals surface area contributed by atoms with Crippen LogP contribution in [0.15, 0.2) is 55.0 Å². The van der Waals surface area contributed by atoms with Gasteiger partial charge in [0.15, 0.2) is 5.65 Å². The van der Waals surface area contributed by atoms with E-state index < -0.39 is 0 Å². The molecule has 2 heterocycles. The number of benzene rings is 1. The summed E-state index contributed by atoms with van der Waals surface area (Å²) >= 11 is 0. The molecule has 0 radical (unpaired) electrons. The predicted molar refractivity (Wildman–Crippen MR) is 74.9 cm³/mol. The van der Waals surface area contributed by atoms with Gasteiger partial charge in [0.25, 0.3) is 5.91 Å². The van der Waals surface area contributed by atoms with Crippen molar-refractivity contribution in [2.45, 2.75) is 6.54 Å². The van der Waals surface area contributed by atoms with Crippen LogP contribution in [0.5, 0.6) is 0 Å². The molecule has 20 heavy (non-hydrogen) atoms. The number of carbonyl (C=O) groups is 1. The van der Waals surface area contributed by atoms with Crippen molar-refractivity contribution in [3.63, 3.8) is 0 Å². The minimum Gasteiger partial charge on any atom is -0.348 e. The summed E-state index contributed by atoms with van der Waals surface area (Å²) in [5.41, 5.74) is 2.68. The van der Waals surface area contributed by atoms with E-state index in [4.69, 9.17) is 0 Å². The first-order valence-electron chi connectivity index (χ1n) is 6.22. The maximum absolute atomic E-state index is 12.1. The number of hydrogen-bond acceptors (Lipinski definition) is 4. The molecule has 0 fully saturated rings. The summed E-state index contributed by atoms with van der Waals surface area (Å²) < 4.78 is 0. The molecule has 0 unspecified atom stereocenters. The Morgan fingerprint density at radius 3 is 2.70 bits per heavy atom. The third-order valence-corrected chi connectivity index (χ3v) is 2.88. The van der Waals surface area contributed by atoms with Crippen LogP contribution in [-0.4, -0.2) is 20.9 Å². The number of nitrogens with one attached hydrogen (secondary N) is 1. The van der Waals surface area contributed by atoms with Gasteiger partial charge in [0.1, 0.15) is 5.52 Å². The molecule has 5 nitrogen and oxygen atoms in total. The topological polar surface area (TPSA) is 67.8 Å². The molecular weight excluding hydrogens is 252 g/mol. The lowest BCUT2D eigenvalue weighted by atomic mass is 10.2. The van der Waals surface area contributed by atoms with E-state index in [1.807, 2.05) is 30.3 Å². The van der Waals surface area contributed by atoms with Gasteiger partial charge in [-0.1, -0.05) is 30.3 Å². The second kappa shape index (κ2) is 5.44. The van der Waals surface area contributed by atoms with Crippen molar-refractivity contribution in [3.8, 4) is 0 Å². The molecule has 0 aliphatic rings. The van der Waals surface area contributed by atoms with Crippen LogP contribution in [0.2, 0.25) is 0 Å². The minimum atomic E-state index is -0.172. The van der Waals surface area contributed by atoms with Crippen LogP contribution < -0.4 is 5.32 Å². The standard InChI is InChI=1S/C15H12N4O/c20-15(19-9-11-4-2-1-3-5-11)12-8-13-14(18-10-12)17-7-6-16-13/h1-8,10H,9H2,(H,19,20). The lowest BCUT2D eigenvalue weighted by molar-refractivity contribution is 0.0950. The average molecular weight is 264 g/mol. The van der Waals surface area contributed by atoms with Gasteiger partial charge in [-0.15, -0.1) is 0 Å². The molecule has 3 rings (SSSR count). The molecule has 0 saturated heterocycles. The van der Waals surface area contributed by atoms with Crippen molar-refractivity contribution in [1.82, 2.24) is 20.3 Å². The highest BCUT2D eigenvalue weighted by atomic mass is 16.1. The number of fused-ring (bicyclic) bond motifs is 1. The van der Waals surface area contributed by atoms with Gasteiger partial charge in [0, 0.05) is 25.1 Å². The largest absolute Gasteiger partial charge is 0.348 e. The van der Waals surface area contributed by atoms with Crippen molar-refractivity contribution in [1.29, 1.82) is 0 Å². The van der Waals surface area contributed by atoms with Crippen LogP contribution in [0.3, 0.4) is 0 Å². The van der Waals surface area contributed by atoms with Gasteiger partial charge in [0.05, 0.1) is 5.56 Å². The van der Waals surface area contributed by atoms with Crippen LogP contribution in [0.1, 0.15) is 15.9 Å². The Morgan fingerprint density at radius 1 is 1.05 bits per heavy atom. The van der Waals surface area contributed by atoms with Crippen molar-refractivity contribution in [3.05, 3.63) is 66.1 Å². The van der Waals surface area contributed by atoms with Crippen molar-refractivity contribution in [2.75, 3.05) is 0 Å². The Bertz CT molecular complexity index is 743. The molecule has 0 saturated carbocycles. The van der Waals surface area contributed by atoms with Gasteiger partial charge in [-0.3, -0.25) is 9.78 Å². The van der Waals surface area contributed by atoms with Crippen LogP contribution >= 0.6 is 0 Å². The summed E-state index contributed by atoms with van der Waals surface area (Å²) in [5.74, 6) is -0.172. The van der Waals surface area contributed by atoms with Crippen molar-refractivity contribution >= 4 is 17.1 Å². The van der Waals surface area contributed by atoms with Gasteiger partial charge >= 0.3 is 0 Å². The van der Waals surface area contributed by atoms with E-state index in [2.05, 4.69) is 20.3 Å². The van der Waals surface area contributed by atoms with Gasteiger partial charge in [-0.05, 0) is 11.6 Å². The molecule has 0 aliphatic heterocycles. The predicted octanol–water partition coefficient (Wildman–Crippen LogP) is 1.95. The minimum absolute atomic E-state index is 0.172. The zero-order valence-electron chi connectivity index (χ0n) is 10.7. The maximum atomic E-state index is 12.1. The van der Waals surface area contributed by atoms with Gasteiger partial charge < -0.3 is 5.32 Å². The zero-order valence-corrected chi connectivity index (χ0v) is 10.7. The lowest BCUT2D eigenvalue weighted by Crippen LogP contribution is -2.22. The summed E-state index contributed by atoms with van der Waals surface area (Å²) in [6, 6.07) is 11.4. The first kappa shape index (κ1) is 12.2. The third-order valence-electron chi connectivity index (χ3n) is 2.88. The molecule has 5 heteroatoms. The summed E-state index contributed by atoms with van der Waals surface area (Å²) in [6.07, 6.45) is 4.66. The molecule has 98 valence electrons. The summed E-state index contributed by atoms with van der Waals surface area (Å²) in [7, 11) is 0. The number of nitrogens with zero attached hydrogens (tertiary/aromatic N) is 3. The van der Waals surface area contributed by atoms with E-state index in [1.54, 1.807) is 18.5 Å². The fraction of sp³-hybridized carbons (Fsp3) is 0.0667. The van der Waals surface area contributed by atoms with E-state index in [9.17, 15) is 4.79 Å². The normalized spacial score (nSPS) is 10.4. The third kappa shape index (κ3) is 2.61. The van der Waals surface area contributed by atoms with E-state index in [1.165, 1.54) is 6.20 Å². The molecule has 1 aromatic carbocycles. The Kier molecular flexibility index (Phi) is 3.33. The number of rotatable bonds is 3. The fourth-order valence-electron chi connectivity index (χ4n) is 1.86. The highest BCUT2D eigenvalue weighted by Gasteiger charge is 2.07. The van der Waals surface area contributed by atoms with Gasteiger partial charge in [-0.2, -0.15) is 0 Å². The van der Waals surface area contributed by atoms with E-state index >= 15 is 0 Å². The highest BCUT2D eigenvalue weighted by Crippen LogP contribution is 2.08. The average Bonchev–Trinajstić information content (AvgIpc) is 2.53. The summed E-state index contributed by atoms with van der Waals surface area (Å²) in [4.78, 5) is 24.4. The van der Waals surface area contributed by atoms with Crippen LogP contribution in [0, 0.1) is 0 Å². The Morgan fingerprint density at radius 2 is 1.85 bits per heavy atom. The second-order valence-corrected chi connectivity index (χ2v) is 4.29. The van der Waals surface area contributed by atoms with Crippen LogP contribution in [0.25, 0.3) is 11.2 Å². The molecule has 1 N–H and O–H groups in total. The Balaban J connectivity index is 1.75. The van der Waals surface area contributed by atoms with Crippen LogP contribution in [0.4, 0.5) is 0 Å². The molecule has 0 bridgehead atoms. The highest BCUT2D eigenvalue weighted by molar-refractivity contribution is 5.96. The smallest absolute Gasteiger partial charge is 0.253 e. The zero-order chi connectivity index (χ0) is 13.8. The number of pyridine rings is 1. The SMILES string of the molecule is O=C(NCc1ccccc1)c1cnc2nccnc2c1. The molecule has 0 atom stereocenters. The molecule has 0 aliphatic carbocycles. The number of amides is 1. The lowest BCUT2D eigenvalue weighted by Gasteiger charge is -2.05. The summed E-state index contributed by atoms with van der Waals surface area (Å²) in [5, 5.41) is 2.85. The Labute approximate surface area is 115 Å². The monoisotopic (exact) mass is 264 g/mol. The van der Waals surface area contributed by atoms with Gasteiger partial charge in [0.2, 0.25) is 0 Å². The number of hydrogen-bond donors (Lipinski definition) is 1. The molecule has 0 spiro atoms. The number of carbonyl (C=O) groups excluding carboxylic acids is 1. The molecular formula is C15H12N4O. The van der Waals surface area contributed by atoms with Crippen molar-refractivity contribution in [2.24, 2.45) is 0 Å². The quantitative estimate of drug-likeness (QED) is 0.785. The van der Waals surface area contributed by atoms with E-state index in [-0.39, 0.29) is 5.91 Å². The second-order valence-electron chi connectivity index (χ2n) is 4.29. The van der Waals surface area contributed by atoms with E-state index in [0.717, 1.165) is 5.56 Å². The first-order chi connectivity index (χ1) is 9.83. The molecule has 2 aromatic heterocycles. The van der Waals surface area contributed by atoms with Crippen LogP contribution in [-0.2, 0) is 6.54 Å². The number of aromatic nitrogens is 3. The summed E-state index contributed by atoms with van der Waals surface area (Å²) in [6.45, 7) is 0.484. The van der Waals surface area contributed by atoms with Gasteiger partial charge in [-0.25, -0.2) is 9.97 Å². The first-order valence-corrected chi connectivity index (χ1v) is 6.22. The van der Waals surface area contributed by atoms with E-state index in [0.29, 0.717) is 23.3 Å². The Hall–Kier alpha value is -2.82. The molecule has 1 amide bonds. The maximum Gasteiger partial charge on any atom is 0.253 e.